The average molecular weight is 354 g/mol. The lowest BCUT2D eigenvalue weighted by atomic mass is 9.74. The molecule has 0 spiro atoms. The normalized spacial score (nSPS) is 24.0. The van der Waals surface area contributed by atoms with Crippen LogP contribution in [0.4, 0.5) is 5.69 Å². The summed E-state index contributed by atoms with van der Waals surface area (Å²) < 4.78 is 5.65. The van der Waals surface area contributed by atoms with Crippen LogP contribution in [0.2, 0.25) is 5.02 Å². The molecule has 2 rings (SSSR count). The topological polar surface area (TPSA) is 67.6 Å². The van der Waals surface area contributed by atoms with Crippen molar-refractivity contribution in [2.24, 2.45) is 11.7 Å². The first-order valence-corrected chi connectivity index (χ1v) is 8.84. The van der Waals surface area contributed by atoms with E-state index in [0.717, 1.165) is 32.2 Å². The Labute approximate surface area is 149 Å². The van der Waals surface area contributed by atoms with Crippen molar-refractivity contribution in [3.8, 4) is 5.75 Å². The fraction of sp³-hybridized carbons (Fsp3) is 0.611. The molecule has 1 aliphatic carbocycles. The summed E-state index contributed by atoms with van der Waals surface area (Å²) in [6.07, 6.45) is 3.84. The molecule has 0 heterocycles. The minimum Gasteiger partial charge on any atom is -0.491 e. The number of nitrogens with one attached hydrogen (secondary N) is 1. The van der Waals surface area contributed by atoms with E-state index in [0.29, 0.717) is 23.1 Å². The molecule has 0 aliphatic heterocycles. The predicted molar refractivity (Wildman–Crippen MR) is 98.7 cm³/mol. The molecule has 1 aliphatic rings. The number of likely N-dealkylation sites (N-methyl/N-ethyl adjacent to an activating group) is 1. The number of nitrogens with two attached hydrogens (primary N) is 1. The standard InChI is InChI=1S/C18H28ClN3O2/c1-18(20)9-5-4-6-14(18)17(23)21-13-7-8-16(15(19)12-13)24-11-10-22(2)3/h7-8,12,14H,4-6,9-11,20H2,1-3H3,(H,21,23). The Balaban J connectivity index is 1.97. The summed E-state index contributed by atoms with van der Waals surface area (Å²) >= 11 is 6.26. The minimum atomic E-state index is -0.443. The molecule has 24 heavy (non-hydrogen) atoms. The van der Waals surface area contributed by atoms with Gasteiger partial charge in [-0.15, -0.1) is 0 Å². The van der Waals surface area contributed by atoms with E-state index in [1.54, 1.807) is 12.1 Å². The van der Waals surface area contributed by atoms with Gasteiger partial charge in [-0.05, 0) is 52.1 Å². The molecule has 0 radical (unpaired) electrons. The molecular weight excluding hydrogens is 326 g/mol. The summed E-state index contributed by atoms with van der Waals surface area (Å²) in [4.78, 5) is 14.6. The van der Waals surface area contributed by atoms with Gasteiger partial charge in [0.05, 0.1) is 10.9 Å². The zero-order valence-corrected chi connectivity index (χ0v) is 15.5. The van der Waals surface area contributed by atoms with Gasteiger partial charge in [0.15, 0.2) is 0 Å². The first-order chi connectivity index (χ1) is 11.3. The first kappa shape index (κ1) is 19.0. The number of hydrogen-bond acceptors (Lipinski definition) is 4. The Bertz CT molecular complexity index is 575. The summed E-state index contributed by atoms with van der Waals surface area (Å²) in [5, 5.41) is 3.43. The number of carbonyl (C=O) groups is 1. The highest BCUT2D eigenvalue weighted by atomic mass is 35.5. The molecule has 6 heteroatoms. The maximum Gasteiger partial charge on any atom is 0.229 e. The quantitative estimate of drug-likeness (QED) is 0.824. The molecule has 0 saturated heterocycles. The zero-order valence-electron chi connectivity index (χ0n) is 14.8. The fourth-order valence-corrected chi connectivity index (χ4v) is 3.29. The summed E-state index contributed by atoms with van der Waals surface area (Å²) in [5.74, 6) is 0.427. The SMILES string of the molecule is CN(C)CCOc1ccc(NC(=O)C2CCCCC2(C)N)cc1Cl. The molecule has 1 aromatic rings. The van der Waals surface area contributed by atoms with E-state index in [1.165, 1.54) is 0 Å². The van der Waals surface area contributed by atoms with E-state index in [2.05, 4.69) is 5.32 Å². The van der Waals surface area contributed by atoms with Crippen molar-refractivity contribution in [3.63, 3.8) is 0 Å². The largest absolute Gasteiger partial charge is 0.491 e. The van der Waals surface area contributed by atoms with Crippen molar-refractivity contribution in [2.45, 2.75) is 38.1 Å². The first-order valence-electron chi connectivity index (χ1n) is 8.46. The number of carbonyl (C=O) groups excluding carboxylic acids is 1. The van der Waals surface area contributed by atoms with Crippen molar-refractivity contribution in [2.75, 3.05) is 32.6 Å². The number of hydrogen-bond donors (Lipinski definition) is 2. The fourth-order valence-electron chi connectivity index (χ4n) is 3.05. The predicted octanol–water partition coefficient (Wildman–Crippen LogP) is 3.13. The van der Waals surface area contributed by atoms with Gasteiger partial charge in [0, 0.05) is 17.8 Å². The number of benzene rings is 1. The molecular formula is C18H28ClN3O2. The molecule has 0 bridgehead atoms. The van der Waals surface area contributed by atoms with Gasteiger partial charge in [0.2, 0.25) is 5.91 Å². The van der Waals surface area contributed by atoms with Gasteiger partial charge in [-0.2, -0.15) is 0 Å². The van der Waals surface area contributed by atoms with Crippen LogP contribution in [0, 0.1) is 5.92 Å². The Kier molecular flexibility index (Phi) is 6.49. The minimum absolute atomic E-state index is 0.0305. The second-order valence-electron chi connectivity index (χ2n) is 7.09. The third-order valence-corrected chi connectivity index (χ3v) is 4.86. The van der Waals surface area contributed by atoms with Crippen LogP contribution < -0.4 is 15.8 Å². The second kappa shape index (κ2) is 8.19. The molecule has 1 saturated carbocycles. The highest BCUT2D eigenvalue weighted by Gasteiger charge is 2.37. The van der Waals surface area contributed by atoms with E-state index in [1.807, 2.05) is 32.0 Å². The maximum atomic E-state index is 12.6. The molecule has 5 nitrogen and oxygen atoms in total. The smallest absolute Gasteiger partial charge is 0.229 e. The third kappa shape index (κ3) is 5.10. The van der Waals surface area contributed by atoms with Crippen molar-refractivity contribution in [1.82, 2.24) is 4.90 Å². The van der Waals surface area contributed by atoms with E-state index in [-0.39, 0.29) is 11.8 Å². The third-order valence-electron chi connectivity index (χ3n) is 4.57. The average Bonchev–Trinajstić information content (AvgIpc) is 2.48. The van der Waals surface area contributed by atoms with Gasteiger partial charge in [0.25, 0.3) is 0 Å². The van der Waals surface area contributed by atoms with Gasteiger partial charge >= 0.3 is 0 Å². The van der Waals surface area contributed by atoms with Crippen LogP contribution in [0.3, 0.4) is 0 Å². The van der Waals surface area contributed by atoms with Crippen LogP contribution in [0.5, 0.6) is 5.75 Å². The van der Waals surface area contributed by atoms with Crippen LogP contribution >= 0.6 is 11.6 Å². The number of rotatable bonds is 6. The molecule has 3 N–H and O–H groups in total. The molecule has 0 aromatic heterocycles. The molecule has 2 atom stereocenters. The second-order valence-corrected chi connectivity index (χ2v) is 7.50. The number of anilines is 1. The maximum absolute atomic E-state index is 12.6. The molecule has 1 amide bonds. The molecule has 134 valence electrons. The number of nitrogens with zero attached hydrogens (tertiary/aromatic N) is 1. The molecule has 1 fully saturated rings. The Morgan fingerprint density at radius 3 is 2.83 bits per heavy atom. The van der Waals surface area contributed by atoms with Crippen molar-refractivity contribution in [3.05, 3.63) is 23.2 Å². The zero-order chi connectivity index (χ0) is 17.7. The van der Waals surface area contributed by atoms with Crippen molar-refractivity contribution in [1.29, 1.82) is 0 Å². The Morgan fingerprint density at radius 2 is 2.21 bits per heavy atom. The Hall–Kier alpha value is -1.30. The van der Waals surface area contributed by atoms with E-state index in [9.17, 15) is 4.79 Å². The van der Waals surface area contributed by atoms with Crippen LogP contribution in [-0.4, -0.2) is 43.6 Å². The number of ether oxygens (including phenoxy) is 1. The highest BCUT2D eigenvalue weighted by Crippen LogP contribution is 2.33. The lowest BCUT2D eigenvalue weighted by Gasteiger charge is -2.37. The van der Waals surface area contributed by atoms with Crippen molar-refractivity contribution >= 4 is 23.2 Å². The van der Waals surface area contributed by atoms with Crippen LogP contribution in [0.15, 0.2) is 18.2 Å². The van der Waals surface area contributed by atoms with E-state index in [4.69, 9.17) is 22.1 Å². The molecule has 1 aromatic carbocycles. The highest BCUT2D eigenvalue weighted by molar-refractivity contribution is 6.32. The summed E-state index contributed by atoms with van der Waals surface area (Å²) in [6.45, 7) is 3.34. The Morgan fingerprint density at radius 1 is 1.46 bits per heavy atom. The van der Waals surface area contributed by atoms with Gasteiger partial charge in [-0.3, -0.25) is 4.79 Å². The van der Waals surface area contributed by atoms with Gasteiger partial charge in [-0.25, -0.2) is 0 Å². The number of halogens is 1. The van der Waals surface area contributed by atoms with E-state index < -0.39 is 5.54 Å². The van der Waals surface area contributed by atoms with Crippen LogP contribution in [0.1, 0.15) is 32.6 Å². The molecule has 2 unspecified atom stereocenters. The van der Waals surface area contributed by atoms with Crippen molar-refractivity contribution < 1.29 is 9.53 Å². The van der Waals surface area contributed by atoms with Crippen LogP contribution in [-0.2, 0) is 4.79 Å². The monoisotopic (exact) mass is 353 g/mol. The van der Waals surface area contributed by atoms with Gasteiger partial charge < -0.3 is 20.7 Å². The summed E-state index contributed by atoms with van der Waals surface area (Å²) in [5.41, 5.74) is 6.53. The lowest BCUT2D eigenvalue weighted by molar-refractivity contribution is -0.122. The summed E-state index contributed by atoms with van der Waals surface area (Å²) in [7, 11) is 3.97. The lowest BCUT2D eigenvalue weighted by Crippen LogP contribution is -2.51. The van der Waals surface area contributed by atoms with Crippen LogP contribution in [0.25, 0.3) is 0 Å². The number of amides is 1. The van der Waals surface area contributed by atoms with E-state index >= 15 is 0 Å². The van der Waals surface area contributed by atoms with Gasteiger partial charge in [0.1, 0.15) is 12.4 Å². The van der Waals surface area contributed by atoms with Gasteiger partial charge in [-0.1, -0.05) is 24.4 Å². The summed E-state index contributed by atoms with van der Waals surface area (Å²) in [6, 6.07) is 5.32.